The molecule has 2 bridgehead atoms. The first-order valence-electron chi connectivity index (χ1n) is 7.80. The number of rotatable bonds is 4. The Morgan fingerprint density at radius 2 is 2.00 bits per heavy atom. The number of amides is 2. The molecule has 4 nitrogen and oxygen atoms in total. The second-order valence-corrected chi connectivity index (χ2v) is 6.98. The summed E-state index contributed by atoms with van der Waals surface area (Å²) in [5.41, 5.74) is 1.16. The Kier molecular flexibility index (Phi) is 4.71. The Morgan fingerprint density at radius 1 is 1.23 bits per heavy atom. The number of carbonyl (C=O) groups excluding carboxylic acids is 2. The van der Waals surface area contributed by atoms with E-state index >= 15 is 0 Å². The third-order valence-corrected chi connectivity index (χ3v) is 5.15. The summed E-state index contributed by atoms with van der Waals surface area (Å²) in [4.78, 5) is 28.8. The largest absolute Gasteiger partial charge is 0.339 e. The quantitative estimate of drug-likeness (QED) is 0.852. The van der Waals surface area contributed by atoms with Gasteiger partial charge in [0, 0.05) is 25.7 Å². The summed E-state index contributed by atoms with van der Waals surface area (Å²) in [5, 5.41) is 0. The predicted octanol–water partition coefficient (Wildman–Crippen LogP) is 2.00. The van der Waals surface area contributed by atoms with Crippen molar-refractivity contribution in [3.63, 3.8) is 0 Å². The minimum Gasteiger partial charge on any atom is -0.339 e. The van der Waals surface area contributed by atoms with Crippen LogP contribution in [-0.4, -0.2) is 52.8 Å². The van der Waals surface area contributed by atoms with Gasteiger partial charge in [-0.3, -0.25) is 9.59 Å². The zero-order valence-corrected chi connectivity index (χ0v) is 13.7. The van der Waals surface area contributed by atoms with Crippen LogP contribution in [0.25, 0.3) is 0 Å². The molecule has 1 aromatic carbocycles. The molecule has 0 spiro atoms. The molecular weight excluding hydrogens is 296 g/mol. The molecule has 1 aromatic rings. The molecule has 4 rings (SSSR count). The number of nitrogens with zero attached hydrogens (tertiary/aromatic N) is 2. The molecule has 3 aliphatic heterocycles. The lowest BCUT2D eigenvalue weighted by Crippen LogP contribution is -2.47. The fourth-order valence-electron chi connectivity index (χ4n) is 3.45. The monoisotopic (exact) mass is 318 g/mol. The topological polar surface area (TPSA) is 40.6 Å². The van der Waals surface area contributed by atoms with Gasteiger partial charge in [-0.15, -0.1) is 0 Å². The van der Waals surface area contributed by atoms with Crippen LogP contribution >= 0.6 is 11.8 Å². The molecule has 5 heteroatoms. The van der Waals surface area contributed by atoms with Crippen molar-refractivity contribution in [2.24, 2.45) is 5.92 Å². The minimum absolute atomic E-state index is 0.0201. The van der Waals surface area contributed by atoms with E-state index in [1.807, 2.05) is 34.3 Å². The van der Waals surface area contributed by atoms with Crippen LogP contribution in [0.1, 0.15) is 18.4 Å². The van der Waals surface area contributed by atoms with Gasteiger partial charge in [-0.25, -0.2) is 0 Å². The molecular formula is C17H22N2O2S. The van der Waals surface area contributed by atoms with Crippen molar-refractivity contribution in [3.05, 3.63) is 35.9 Å². The van der Waals surface area contributed by atoms with Gasteiger partial charge in [0.2, 0.25) is 11.8 Å². The van der Waals surface area contributed by atoms with E-state index in [0.717, 1.165) is 18.4 Å². The van der Waals surface area contributed by atoms with Gasteiger partial charge in [-0.2, -0.15) is 11.8 Å². The average Bonchev–Trinajstić information content (AvgIpc) is 2.82. The summed E-state index contributed by atoms with van der Waals surface area (Å²) in [5.74, 6) is 0.873. The van der Waals surface area contributed by atoms with Crippen LogP contribution in [0, 0.1) is 5.92 Å². The fraction of sp³-hybridized carbons (Fsp3) is 0.529. The van der Waals surface area contributed by atoms with E-state index in [2.05, 4.69) is 12.1 Å². The molecule has 2 atom stereocenters. The molecule has 0 aliphatic carbocycles. The normalized spacial score (nSPS) is 24.5. The van der Waals surface area contributed by atoms with E-state index < -0.39 is 0 Å². The maximum atomic E-state index is 12.7. The lowest BCUT2D eigenvalue weighted by Gasteiger charge is -2.36. The summed E-state index contributed by atoms with van der Waals surface area (Å²) in [6.07, 6.45) is 3.86. The van der Waals surface area contributed by atoms with Crippen LogP contribution in [-0.2, 0) is 16.1 Å². The second kappa shape index (κ2) is 6.73. The molecule has 0 unspecified atom stereocenters. The van der Waals surface area contributed by atoms with Crippen molar-refractivity contribution in [2.75, 3.05) is 25.1 Å². The van der Waals surface area contributed by atoms with E-state index in [0.29, 0.717) is 25.4 Å². The number of carbonyl (C=O) groups is 2. The van der Waals surface area contributed by atoms with Crippen molar-refractivity contribution in [1.82, 2.24) is 9.80 Å². The average molecular weight is 318 g/mol. The van der Waals surface area contributed by atoms with Gasteiger partial charge < -0.3 is 9.80 Å². The molecule has 2 amide bonds. The number of benzene rings is 1. The van der Waals surface area contributed by atoms with Gasteiger partial charge in [0.15, 0.2) is 0 Å². The smallest absolute Gasteiger partial charge is 0.232 e. The first-order chi connectivity index (χ1) is 10.7. The maximum absolute atomic E-state index is 12.7. The summed E-state index contributed by atoms with van der Waals surface area (Å²) in [6, 6.07) is 10.3. The van der Waals surface area contributed by atoms with Crippen LogP contribution in [0.5, 0.6) is 0 Å². The van der Waals surface area contributed by atoms with Crippen molar-refractivity contribution < 1.29 is 9.59 Å². The highest BCUT2D eigenvalue weighted by atomic mass is 32.2. The van der Waals surface area contributed by atoms with Gasteiger partial charge >= 0.3 is 0 Å². The SMILES string of the molecule is CSCC(=O)N1C[C@H]2CC[C@@H](C1)N(Cc1ccccc1)C2=O. The number of piperidine rings is 1. The standard InChI is InChI=1S/C17H22N2O2S/c1-22-12-16(20)18-10-14-7-8-15(11-18)19(17(14)21)9-13-5-3-2-4-6-13/h2-6,14-15H,7-12H2,1H3/t14-,15+/m1/s1. The molecule has 118 valence electrons. The Morgan fingerprint density at radius 3 is 2.73 bits per heavy atom. The van der Waals surface area contributed by atoms with Crippen LogP contribution < -0.4 is 0 Å². The van der Waals surface area contributed by atoms with E-state index in [-0.39, 0.29) is 23.8 Å². The number of hydrogen-bond donors (Lipinski definition) is 0. The summed E-state index contributed by atoms with van der Waals surface area (Å²) in [7, 11) is 0. The maximum Gasteiger partial charge on any atom is 0.232 e. The van der Waals surface area contributed by atoms with Crippen LogP contribution in [0.15, 0.2) is 30.3 Å². The molecule has 3 aliphatic rings. The van der Waals surface area contributed by atoms with Crippen LogP contribution in [0.3, 0.4) is 0 Å². The molecule has 0 radical (unpaired) electrons. The van der Waals surface area contributed by atoms with E-state index in [9.17, 15) is 9.59 Å². The third-order valence-electron chi connectivity index (χ3n) is 4.61. The highest BCUT2D eigenvalue weighted by molar-refractivity contribution is 7.99. The molecule has 0 aromatic heterocycles. The van der Waals surface area contributed by atoms with E-state index in [4.69, 9.17) is 0 Å². The Balaban J connectivity index is 1.76. The highest BCUT2D eigenvalue weighted by Crippen LogP contribution is 2.30. The fourth-order valence-corrected chi connectivity index (χ4v) is 3.88. The molecule has 3 heterocycles. The number of thioether (sulfide) groups is 1. The molecule has 0 saturated carbocycles. The zero-order valence-electron chi connectivity index (χ0n) is 12.9. The third kappa shape index (κ3) is 3.14. The lowest BCUT2D eigenvalue weighted by atomic mass is 9.93. The lowest BCUT2D eigenvalue weighted by molar-refractivity contribution is -0.140. The summed E-state index contributed by atoms with van der Waals surface area (Å²) < 4.78 is 0. The van der Waals surface area contributed by atoms with Crippen LogP contribution in [0.4, 0.5) is 0 Å². The Labute approximate surface area is 135 Å². The van der Waals surface area contributed by atoms with Gasteiger partial charge in [0.25, 0.3) is 0 Å². The van der Waals surface area contributed by atoms with E-state index in [1.54, 1.807) is 11.8 Å². The van der Waals surface area contributed by atoms with Gasteiger partial charge in [0.1, 0.15) is 0 Å². The van der Waals surface area contributed by atoms with Crippen LogP contribution in [0.2, 0.25) is 0 Å². The highest BCUT2D eigenvalue weighted by Gasteiger charge is 2.41. The second-order valence-electron chi connectivity index (χ2n) is 6.11. The Hall–Kier alpha value is -1.49. The van der Waals surface area contributed by atoms with Crippen molar-refractivity contribution >= 4 is 23.6 Å². The van der Waals surface area contributed by atoms with Crippen molar-refractivity contribution in [3.8, 4) is 0 Å². The summed E-state index contributed by atoms with van der Waals surface area (Å²) in [6.45, 7) is 1.94. The predicted molar refractivity (Wildman–Crippen MR) is 88.5 cm³/mol. The van der Waals surface area contributed by atoms with E-state index in [1.165, 1.54) is 0 Å². The summed E-state index contributed by atoms with van der Waals surface area (Å²) >= 11 is 1.55. The number of fused-ring (bicyclic) bond motifs is 4. The molecule has 3 fully saturated rings. The molecule has 0 N–H and O–H groups in total. The van der Waals surface area contributed by atoms with Gasteiger partial charge in [-0.05, 0) is 24.7 Å². The van der Waals surface area contributed by atoms with Crippen molar-refractivity contribution in [2.45, 2.75) is 25.4 Å². The van der Waals surface area contributed by atoms with Gasteiger partial charge in [0.05, 0.1) is 11.7 Å². The molecule has 3 saturated heterocycles. The van der Waals surface area contributed by atoms with Crippen molar-refractivity contribution in [1.29, 1.82) is 0 Å². The first kappa shape index (κ1) is 15.4. The number of hydrogen-bond acceptors (Lipinski definition) is 3. The van der Waals surface area contributed by atoms with Gasteiger partial charge in [-0.1, -0.05) is 30.3 Å². The Bertz CT molecular complexity index is 549. The first-order valence-corrected chi connectivity index (χ1v) is 9.19. The molecule has 22 heavy (non-hydrogen) atoms. The minimum atomic E-state index is -0.0201. The zero-order chi connectivity index (χ0) is 15.5.